The highest BCUT2D eigenvalue weighted by atomic mass is 16.1. The third-order valence-corrected chi connectivity index (χ3v) is 2.76. The van der Waals surface area contributed by atoms with Crippen LogP contribution < -0.4 is 16.6 Å². The summed E-state index contributed by atoms with van der Waals surface area (Å²) in [6.07, 6.45) is 1.93. The van der Waals surface area contributed by atoms with Crippen LogP contribution in [0.4, 0.5) is 0 Å². The third-order valence-electron chi connectivity index (χ3n) is 2.76. The lowest BCUT2D eigenvalue weighted by Crippen LogP contribution is -2.31. The van der Waals surface area contributed by atoms with Gasteiger partial charge in [-0.1, -0.05) is 6.07 Å². The molecule has 0 fully saturated rings. The van der Waals surface area contributed by atoms with Gasteiger partial charge in [0.05, 0.1) is 5.69 Å². The van der Waals surface area contributed by atoms with Crippen molar-refractivity contribution in [3.63, 3.8) is 0 Å². The van der Waals surface area contributed by atoms with Crippen molar-refractivity contribution in [1.82, 2.24) is 14.7 Å². The lowest BCUT2D eigenvalue weighted by Gasteiger charge is -2.11. The number of nitrogens with one attached hydrogen (secondary N) is 1. The Morgan fingerprint density at radius 3 is 3.05 bits per heavy atom. The first-order chi connectivity index (χ1) is 9.06. The smallest absolute Gasteiger partial charge is 0.258 e. The molecular weight excluding hydrogens is 244 g/mol. The Morgan fingerprint density at radius 2 is 2.32 bits per heavy atom. The molecule has 0 aliphatic carbocycles. The van der Waals surface area contributed by atoms with Crippen molar-refractivity contribution in [2.75, 3.05) is 0 Å². The number of fused-ring (bicyclic) bond motifs is 1. The van der Waals surface area contributed by atoms with Crippen molar-refractivity contribution >= 4 is 11.6 Å². The molecule has 0 aromatic carbocycles. The predicted octanol–water partition coefficient (Wildman–Crippen LogP) is 0.0480. The van der Waals surface area contributed by atoms with E-state index in [0.717, 1.165) is 0 Å². The Hall–Kier alpha value is -2.21. The summed E-state index contributed by atoms with van der Waals surface area (Å²) in [5.74, 6) is -0.355. The van der Waals surface area contributed by atoms with Crippen LogP contribution in [0.2, 0.25) is 0 Å². The molecule has 0 saturated carbocycles. The lowest BCUT2D eigenvalue weighted by molar-refractivity contribution is -0.118. The summed E-state index contributed by atoms with van der Waals surface area (Å²) in [6, 6.07) is 6.82. The van der Waals surface area contributed by atoms with Crippen LogP contribution in [-0.2, 0) is 11.3 Å². The molecule has 1 atom stereocenters. The molecule has 0 aliphatic rings. The number of hydrogen-bond acceptors (Lipinski definition) is 4. The molecule has 19 heavy (non-hydrogen) atoms. The van der Waals surface area contributed by atoms with Crippen LogP contribution >= 0.6 is 0 Å². The Balaban J connectivity index is 2.13. The maximum atomic E-state index is 11.8. The van der Waals surface area contributed by atoms with Gasteiger partial charge in [-0.25, -0.2) is 4.98 Å². The number of primary amides is 1. The molecule has 0 bridgehead atoms. The van der Waals surface area contributed by atoms with Gasteiger partial charge >= 0.3 is 0 Å². The zero-order valence-electron chi connectivity index (χ0n) is 10.7. The lowest BCUT2D eigenvalue weighted by atomic mass is 10.2. The van der Waals surface area contributed by atoms with Gasteiger partial charge in [-0.3, -0.25) is 14.0 Å². The number of carbonyl (C=O) groups is 1. The summed E-state index contributed by atoms with van der Waals surface area (Å²) in [7, 11) is 0. The van der Waals surface area contributed by atoms with E-state index in [1.165, 1.54) is 10.5 Å². The van der Waals surface area contributed by atoms with Crippen LogP contribution in [0.25, 0.3) is 5.65 Å². The summed E-state index contributed by atoms with van der Waals surface area (Å²) in [6.45, 7) is 2.29. The zero-order valence-corrected chi connectivity index (χ0v) is 10.7. The van der Waals surface area contributed by atoms with Crippen molar-refractivity contribution in [1.29, 1.82) is 0 Å². The average Bonchev–Trinajstić information content (AvgIpc) is 2.36. The molecule has 1 amide bonds. The molecular formula is C13H16N4O2. The van der Waals surface area contributed by atoms with E-state index < -0.39 is 0 Å². The van der Waals surface area contributed by atoms with Gasteiger partial charge in [0, 0.05) is 31.3 Å². The van der Waals surface area contributed by atoms with Crippen LogP contribution in [0.15, 0.2) is 35.3 Å². The minimum atomic E-state index is -0.355. The quantitative estimate of drug-likeness (QED) is 0.794. The standard InChI is InChI=1S/C13H16N4O2/c1-9(6-11(14)18)15-8-10-7-13(19)17-5-3-2-4-12(17)16-10/h2-5,7,9,15H,6,8H2,1H3,(H2,14,18). The van der Waals surface area contributed by atoms with Gasteiger partial charge in [-0.05, 0) is 19.1 Å². The van der Waals surface area contributed by atoms with E-state index in [9.17, 15) is 9.59 Å². The molecule has 100 valence electrons. The number of pyridine rings is 1. The van der Waals surface area contributed by atoms with Gasteiger partial charge in [0.2, 0.25) is 5.91 Å². The molecule has 1 unspecified atom stereocenters. The van der Waals surface area contributed by atoms with E-state index in [-0.39, 0.29) is 23.9 Å². The van der Waals surface area contributed by atoms with Crippen molar-refractivity contribution in [3.05, 3.63) is 46.5 Å². The molecule has 2 aromatic heterocycles. The first-order valence-corrected chi connectivity index (χ1v) is 6.05. The van der Waals surface area contributed by atoms with Crippen LogP contribution in [0.5, 0.6) is 0 Å². The zero-order chi connectivity index (χ0) is 13.8. The van der Waals surface area contributed by atoms with E-state index in [1.807, 2.05) is 13.0 Å². The largest absolute Gasteiger partial charge is 0.370 e. The first kappa shape index (κ1) is 13.2. The van der Waals surface area contributed by atoms with Crippen LogP contribution in [-0.4, -0.2) is 21.3 Å². The maximum absolute atomic E-state index is 11.8. The molecule has 0 saturated heterocycles. The molecule has 0 radical (unpaired) electrons. The number of nitrogens with two attached hydrogens (primary N) is 1. The topological polar surface area (TPSA) is 89.5 Å². The second-order valence-electron chi connectivity index (χ2n) is 4.47. The van der Waals surface area contributed by atoms with Gasteiger partial charge in [-0.15, -0.1) is 0 Å². The van der Waals surface area contributed by atoms with Gasteiger partial charge in [-0.2, -0.15) is 0 Å². The number of rotatable bonds is 5. The molecule has 2 rings (SSSR count). The number of hydrogen-bond donors (Lipinski definition) is 2. The number of aromatic nitrogens is 2. The van der Waals surface area contributed by atoms with Crippen LogP contribution in [0, 0.1) is 0 Å². The third kappa shape index (κ3) is 3.38. The van der Waals surface area contributed by atoms with Crippen molar-refractivity contribution < 1.29 is 4.79 Å². The van der Waals surface area contributed by atoms with Crippen molar-refractivity contribution in [2.45, 2.75) is 25.9 Å². The molecule has 6 nitrogen and oxygen atoms in total. The Kier molecular flexibility index (Phi) is 3.91. The van der Waals surface area contributed by atoms with Gasteiger partial charge in [0.25, 0.3) is 5.56 Å². The molecule has 0 aliphatic heterocycles. The summed E-state index contributed by atoms with van der Waals surface area (Å²) >= 11 is 0. The van der Waals surface area contributed by atoms with E-state index in [0.29, 0.717) is 17.9 Å². The summed E-state index contributed by atoms with van der Waals surface area (Å²) < 4.78 is 1.48. The summed E-state index contributed by atoms with van der Waals surface area (Å²) in [5.41, 5.74) is 6.24. The molecule has 2 aromatic rings. The number of amides is 1. The van der Waals surface area contributed by atoms with Crippen molar-refractivity contribution in [3.8, 4) is 0 Å². The summed E-state index contributed by atoms with van der Waals surface area (Å²) in [5, 5.41) is 3.11. The van der Waals surface area contributed by atoms with Gasteiger partial charge < -0.3 is 11.1 Å². The predicted molar refractivity (Wildman–Crippen MR) is 71.6 cm³/mol. The highest BCUT2D eigenvalue weighted by molar-refractivity contribution is 5.74. The fourth-order valence-corrected chi connectivity index (χ4v) is 1.85. The Bertz CT molecular complexity index is 650. The monoisotopic (exact) mass is 260 g/mol. The second kappa shape index (κ2) is 5.62. The maximum Gasteiger partial charge on any atom is 0.258 e. The average molecular weight is 260 g/mol. The molecule has 0 spiro atoms. The highest BCUT2D eigenvalue weighted by Gasteiger charge is 2.07. The minimum absolute atomic E-state index is 0.0477. The minimum Gasteiger partial charge on any atom is -0.370 e. The van der Waals surface area contributed by atoms with E-state index in [4.69, 9.17) is 5.73 Å². The Labute approximate surface area is 110 Å². The van der Waals surface area contributed by atoms with Gasteiger partial charge in [0.15, 0.2) is 0 Å². The molecule has 3 N–H and O–H groups in total. The van der Waals surface area contributed by atoms with E-state index in [1.54, 1.807) is 18.3 Å². The van der Waals surface area contributed by atoms with Crippen molar-refractivity contribution in [2.24, 2.45) is 5.73 Å². The highest BCUT2D eigenvalue weighted by Crippen LogP contribution is 1.99. The summed E-state index contributed by atoms with van der Waals surface area (Å²) in [4.78, 5) is 27.0. The van der Waals surface area contributed by atoms with Crippen LogP contribution in [0.1, 0.15) is 19.0 Å². The fourth-order valence-electron chi connectivity index (χ4n) is 1.85. The first-order valence-electron chi connectivity index (χ1n) is 6.05. The fraction of sp³-hybridized carbons (Fsp3) is 0.308. The molecule has 2 heterocycles. The van der Waals surface area contributed by atoms with Gasteiger partial charge in [0.1, 0.15) is 5.65 Å². The van der Waals surface area contributed by atoms with E-state index >= 15 is 0 Å². The number of nitrogens with zero attached hydrogens (tertiary/aromatic N) is 2. The normalized spacial score (nSPS) is 12.5. The van der Waals surface area contributed by atoms with Crippen LogP contribution in [0.3, 0.4) is 0 Å². The number of carbonyl (C=O) groups excluding carboxylic acids is 1. The second-order valence-corrected chi connectivity index (χ2v) is 4.47. The van der Waals surface area contributed by atoms with E-state index in [2.05, 4.69) is 10.3 Å². The SMILES string of the molecule is CC(CC(N)=O)NCc1cc(=O)n2ccccc2n1. The molecule has 6 heteroatoms. The Morgan fingerprint density at radius 1 is 1.53 bits per heavy atom.